The molecule has 3 aromatic heterocycles. The van der Waals surface area contributed by atoms with Gasteiger partial charge >= 0.3 is 0 Å². The number of pyridine rings is 1. The van der Waals surface area contributed by atoms with Crippen molar-refractivity contribution in [1.29, 1.82) is 0 Å². The predicted molar refractivity (Wildman–Crippen MR) is 106 cm³/mol. The van der Waals surface area contributed by atoms with Crippen LogP contribution in [0.15, 0.2) is 30.5 Å². The quantitative estimate of drug-likeness (QED) is 0.766. The summed E-state index contributed by atoms with van der Waals surface area (Å²) in [7, 11) is 0. The van der Waals surface area contributed by atoms with Crippen molar-refractivity contribution >= 4 is 16.9 Å². The second-order valence-electron chi connectivity index (χ2n) is 7.77. The van der Waals surface area contributed by atoms with Gasteiger partial charge in [0.05, 0.1) is 11.7 Å². The van der Waals surface area contributed by atoms with Gasteiger partial charge in [-0.1, -0.05) is 0 Å². The van der Waals surface area contributed by atoms with Crippen LogP contribution in [0.2, 0.25) is 0 Å². The predicted octanol–water partition coefficient (Wildman–Crippen LogP) is 3.73. The molecule has 0 aromatic carbocycles. The van der Waals surface area contributed by atoms with E-state index in [4.69, 9.17) is 0 Å². The third-order valence-corrected chi connectivity index (χ3v) is 5.56. The number of nitrogens with zero attached hydrogens (tertiary/aromatic N) is 4. The molecule has 1 aliphatic heterocycles. The Morgan fingerprint density at radius 1 is 1.37 bits per heavy atom. The Kier molecular flexibility index (Phi) is 4.72. The van der Waals surface area contributed by atoms with Crippen LogP contribution >= 0.6 is 0 Å². The van der Waals surface area contributed by atoms with Crippen LogP contribution < -0.4 is 0 Å². The summed E-state index contributed by atoms with van der Waals surface area (Å²) in [5.74, 6) is 0.565. The summed E-state index contributed by atoms with van der Waals surface area (Å²) in [4.78, 5) is 22.8. The Morgan fingerprint density at radius 2 is 2.22 bits per heavy atom. The SMILES string of the molecule is Cc1cc(C)n([C@H](C)CC(=O)N2CCC[C@H](c3cc4cccnc4[nH]3)C2)n1. The molecule has 6 nitrogen and oxygen atoms in total. The summed E-state index contributed by atoms with van der Waals surface area (Å²) in [5, 5.41) is 5.66. The monoisotopic (exact) mass is 365 g/mol. The molecule has 1 amide bonds. The lowest BCUT2D eigenvalue weighted by Gasteiger charge is -2.33. The van der Waals surface area contributed by atoms with Crippen molar-refractivity contribution in [3.8, 4) is 0 Å². The van der Waals surface area contributed by atoms with Crippen LogP contribution in [0.5, 0.6) is 0 Å². The zero-order valence-corrected chi connectivity index (χ0v) is 16.3. The van der Waals surface area contributed by atoms with E-state index < -0.39 is 0 Å². The summed E-state index contributed by atoms with van der Waals surface area (Å²) in [6.07, 6.45) is 4.43. The fraction of sp³-hybridized carbons (Fsp3) is 0.476. The Balaban J connectivity index is 1.44. The van der Waals surface area contributed by atoms with Crippen LogP contribution in [-0.2, 0) is 4.79 Å². The van der Waals surface area contributed by atoms with Gasteiger partial charge in [0.15, 0.2) is 0 Å². The number of fused-ring (bicyclic) bond motifs is 1. The number of carbonyl (C=O) groups is 1. The van der Waals surface area contributed by atoms with E-state index in [-0.39, 0.29) is 11.9 Å². The summed E-state index contributed by atoms with van der Waals surface area (Å²) in [6, 6.07) is 8.34. The number of aryl methyl sites for hydroxylation is 2. The number of aromatic nitrogens is 4. The smallest absolute Gasteiger partial charge is 0.224 e. The van der Waals surface area contributed by atoms with Crippen molar-refractivity contribution in [1.82, 2.24) is 24.6 Å². The van der Waals surface area contributed by atoms with Crippen LogP contribution in [0.4, 0.5) is 0 Å². The number of aromatic amines is 1. The molecule has 4 rings (SSSR count). The number of carbonyl (C=O) groups excluding carboxylic acids is 1. The molecule has 0 bridgehead atoms. The van der Waals surface area contributed by atoms with E-state index >= 15 is 0 Å². The summed E-state index contributed by atoms with van der Waals surface area (Å²) >= 11 is 0. The Hall–Kier alpha value is -2.63. The van der Waals surface area contributed by atoms with Crippen molar-refractivity contribution in [2.24, 2.45) is 0 Å². The number of nitrogens with one attached hydrogen (secondary N) is 1. The maximum atomic E-state index is 12.9. The first-order valence-corrected chi connectivity index (χ1v) is 9.75. The first-order chi connectivity index (χ1) is 13.0. The van der Waals surface area contributed by atoms with Crippen LogP contribution in [0.3, 0.4) is 0 Å². The van der Waals surface area contributed by atoms with Gasteiger partial charge in [-0.05, 0) is 57.9 Å². The average Bonchev–Trinajstić information content (AvgIpc) is 3.24. The number of rotatable bonds is 4. The van der Waals surface area contributed by atoms with Crippen molar-refractivity contribution < 1.29 is 4.79 Å². The third kappa shape index (κ3) is 3.61. The van der Waals surface area contributed by atoms with Gasteiger partial charge in [-0.2, -0.15) is 5.10 Å². The second kappa shape index (κ2) is 7.18. The Bertz CT molecular complexity index is 924. The second-order valence-corrected chi connectivity index (χ2v) is 7.77. The molecule has 0 saturated carbocycles. The number of likely N-dealkylation sites (tertiary alicyclic amines) is 1. The van der Waals surface area contributed by atoms with E-state index in [0.717, 1.165) is 48.4 Å². The van der Waals surface area contributed by atoms with Crippen LogP contribution in [0.25, 0.3) is 11.0 Å². The van der Waals surface area contributed by atoms with Crippen molar-refractivity contribution in [2.45, 2.75) is 52.0 Å². The fourth-order valence-electron chi connectivity index (χ4n) is 4.22. The largest absolute Gasteiger partial charge is 0.343 e. The van der Waals surface area contributed by atoms with Crippen molar-refractivity contribution in [2.75, 3.05) is 13.1 Å². The molecule has 1 N–H and O–H groups in total. The first-order valence-electron chi connectivity index (χ1n) is 9.75. The molecule has 0 aliphatic carbocycles. The summed E-state index contributed by atoms with van der Waals surface area (Å²) in [6.45, 7) is 7.72. The lowest BCUT2D eigenvalue weighted by molar-refractivity contribution is -0.133. The van der Waals surface area contributed by atoms with Gasteiger partial charge < -0.3 is 9.88 Å². The van der Waals surface area contributed by atoms with Gasteiger partial charge in [0, 0.05) is 48.4 Å². The maximum Gasteiger partial charge on any atom is 0.224 e. The zero-order valence-electron chi connectivity index (χ0n) is 16.3. The molecule has 1 fully saturated rings. The number of H-pyrrole nitrogens is 1. The van der Waals surface area contributed by atoms with Crippen LogP contribution in [0, 0.1) is 13.8 Å². The average molecular weight is 365 g/mol. The Morgan fingerprint density at radius 3 is 2.96 bits per heavy atom. The fourth-order valence-corrected chi connectivity index (χ4v) is 4.22. The highest BCUT2D eigenvalue weighted by molar-refractivity contribution is 5.78. The molecule has 2 atom stereocenters. The topological polar surface area (TPSA) is 66.8 Å². The molecule has 27 heavy (non-hydrogen) atoms. The normalized spacial score (nSPS) is 18.8. The number of hydrogen-bond donors (Lipinski definition) is 1. The van der Waals surface area contributed by atoms with Gasteiger partial charge in [-0.25, -0.2) is 4.98 Å². The van der Waals surface area contributed by atoms with Gasteiger partial charge in [0.1, 0.15) is 5.65 Å². The number of amides is 1. The van der Waals surface area contributed by atoms with E-state index in [1.807, 2.05) is 29.5 Å². The molecule has 4 heterocycles. The minimum absolute atomic E-state index is 0.0730. The molecule has 1 aliphatic rings. The zero-order chi connectivity index (χ0) is 19.0. The van der Waals surface area contributed by atoms with Crippen LogP contribution in [0.1, 0.15) is 55.2 Å². The molecule has 142 valence electrons. The summed E-state index contributed by atoms with van der Waals surface area (Å²) in [5.41, 5.74) is 4.22. The van der Waals surface area contributed by atoms with Crippen molar-refractivity contribution in [3.63, 3.8) is 0 Å². The van der Waals surface area contributed by atoms with E-state index in [1.54, 1.807) is 6.20 Å². The molecule has 3 aromatic rings. The highest BCUT2D eigenvalue weighted by Gasteiger charge is 2.27. The van der Waals surface area contributed by atoms with Crippen molar-refractivity contribution in [3.05, 3.63) is 47.5 Å². The van der Waals surface area contributed by atoms with E-state index in [1.165, 1.54) is 5.69 Å². The first kappa shape index (κ1) is 17.8. The maximum absolute atomic E-state index is 12.9. The summed E-state index contributed by atoms with van der Waals surface area (Å²) < 4.78 is 1.97. The molecular weight excluding hydrogens is 338 g/mol. The molecule has 0 unspecified atom stereocenters. The Labute approximate surface area is 159 Å². The minimum Gasteiger partial charge on any atom is -0.343 e. The highest BCUT2D eigenvalue weighted by atomic mass is 16.2. The number of piperidine rings is 1. The van der Waals surface area contributed by atoms with Gasteiger partial charge in [-0.3, -0.25) is 9.48 Å². The lowest BCUT2D eigenvalue weighted by Crippen LogP contribution is -2.40. The molecule has 0 spiro atoms. The van der Waals surface area contributed by atoms with Crippen LogP contribution in [-0.4, -0.2) is 43.6 Å². The molecule has 6 heteroatoms. The van der Waals surface area contributed by atoms with Gasteiger partial charge in [0.2, 0.25) is 5.91 Å². The number of hydrogen-bond acceptors (Lipinski definition) is 3. The highest BCUT2D eigenvalue weighted by Crippen LogP contribution is 2.29. The molecule has 1 saturated heterocycles. The van der Waals surface area contributed by atoms with Gasteiger partial charge in [-0.15, -0.1) is 0 Å². The lowest BCUT2D eigenvalue weighted by atomic mass is 9.94. The van der Waals surface area contributed by atoms with E-state index in [9.17, 15) is 4.79 Å². The molecule has 0 radical (unpaired) electrons. The standard InChI is InChI=1S/C21H27N5O/c1-14-10-15(2)26(24-14)16(3)11-20(27)25-9-5-7-18(13-25)19-12-17-6-4-8-22-21(17)23-19/h4,6,8,10,12,16,18H,5,7,9,11,13H2,1-3H3,(H,22,23)/t16-,18+/m1/s1. The molecular formula is C21H27N5O. The van der Waals surface area contributed by atoms with Gasteiger partial charge in [0.25, 0.3) is 0 Å². The van der Waals surface area contributed by atoms with E-state index in [2.05, 4.69) is 40.2 Å². The van der Waals surface area contributed by atoms with E-state index in [0.29, 0.717) is 12.3 Å². The third-order valence-electron chi connectivity index (χ3n) is 5.56. The minimum atomic E-state index is 0.0730.